The summed E-state index contributed by atoms with van der Waals surface area (Å²) in [5, 5.41) is 6.77. The number of nitrogens with one attached hydrogen (secondary N) is 2. The maximum Gasteiger partial charge on any atom is 0.190 e. The molecule has 2 aromatic heterocycles. The highest BCUT2D eigenvalue weighted by molar-refractivity contribution is 14.0. The standard InChI is InChI=1S/C22H30N6.HI/c1-3-27(20-10-5-4-6-11-20)17-9-14-24-22(23-2)25-15-13-19-18-28-16-8-7-12-21(28)26-19;/h4-8,10-12,16,18H,3,9,13-15,17H2,1-2H3,(H2,23,24,25);1H. The van der Waals surface area contributed by atoms with Crippen molar-refractivity contribution in [2.24, 2.45) is 4.99 Å². The summed E-state index contributed by atoms with van der Waals surface area (Å²) in [6.45, 7) is 5.91. The number of rotatable bonds is 9. The van der Waals surface area contributed by atoms with E-state index in [4.69, 9.17) is 0 Å². The summed E-state index contributed by atoms with van der Waals surface area (Å²) < 4.78 is 2.05. The molecule has 0 spiro atoms. The molecule has 0 saturated carbocycles. The largest absolute Gasteiger partial charge is 0.372 e. The van der Waals surface area contributed by atoms with Crippen LogP contribution in [0.1, 0.15) is 19.0 Å². The van der Waals surface area contributed by atoms with Crippen molar-refractivity contribution >= 4 is 41.3 Å². The van der Waals surface area contributed by atoms with Crippen LogP contribution in [0, 0.1) is 0 Å². The van der Waals surface area contributed by atoms with Crippen LogP contribution in [0.15, 0.2) is 65.9 Å². The molecule has 156 valence electrons. The number of aliphatic imine (C=N–C) groups is 1. The minimum Gasteiger partial charge on any atom is -0.372 e. The lowest BCUT2D eigenvalue weighted by Crippen LogP contribution is -2.39. The van der Waals surface area contributed by atoms with E-state index in [0.29, 0.717) is 0 Å². The van der Waals surface area contributed by atoms with E-state index in [-0.39, 0.29) is 24.0 Å². The Morgan fingerprint density at radius 3 is 2.55 bits per heavy atom. The predicted molar refractivity (Wildman–Crippen MR) is 133 cm³/mol. The lowest BCUT2D eigenvalue weighted by Gasteiger charge is -2.23. The second-order valence-corrected chi connectivity index (χ2v) is 6.64. The zero-order valence-corrected chi connectivity index (χ0v) is 19.5. The second-order valence-electron chi connectivity index (χ2n) is 6.64. The van der Waals surface area contributed by atoms with Gasteiger partial charge in [-0.3, -0.25) is 4.99 Å². The molecule has 0 aliphatic carbocycles. The topological polar surface area (TPSA) is 57.0 Å². The summed E-state index contributed by atoms with van der Waals surface area (Å²) in [6, 6.07) is 16.6. The molecular formula is C22H31IN6. The number of hydrogen-bond donors (Lipinski definition) is 2. The molecule has 7 heteroatoms. The SMILES string of the molecule is CCN(CCCNC(=NC)NCCc1cn2ccccc2n1)c1ccccc1.I. The van der Waals surface area contributed by atoms with Gasteiger partial charge in [0.25, 0.3) is 0 Å². The van der Waals surface area contributed by atoms with Crippen molar-refractivity contribution in [3.8, 4) is 0 Å². The number of pyridine rings is 1. The van der Waals surface area contributed by atoms with Crippen LogP contribution >= 0.6 is 24.0 Å². The molecule has 2 N–H and O–H groups in total. The molecule has 6 nitrogen and oxygen atoms in total. The van der Waals surface area contributed by atoms with Crippen LogP contribution in [-0.4, -0.2) is 48.6 Å². The lowest BCUT2D eigenvalue weighted by atomic mass is 10.2. The van der Waals surface area contributed by atoms with E-state index in [0.717, 1.165) is 56.3 Å². The van der Waals surface area contributed by atoms with Crippen LogP contribution in [-0.2, 0) is 6.42 Å². The number of benzene rings is 1. The quantitative estimate of drug-likeness (QED) is 0.202. The predicted octanol–water partition coefficient (Wildman–Crippen LogP) is 3.58. The molecule has 3 aromatic rings. The van der Waals surface area contributed by atoms with Gasteiger partial charge >= 0.3 is 0 Å². The first-order valence-corrected chi connectivity index (χ1v) is 9.97. The average molecular weight is 506 g/mol. The van der Waals surface area contributed by atoms with Gasteiger partial charge in [-0.15, -0.1) is 24.0 Å². The van der Waals surface area contributed by atoms with Gasteiger partial charge in [0.15, 0.2) is 5.96 Å². The molecule has 0 radical (unpaired) electrons. The molecule has 0 aliphatic heterocycles. The maximum atomic E-state index is 4.63. The molecule has 2 heterocycles. The Hall–Kier alpha value is -2.29. The molecule has 0 amide bonds. The van der Waals surface area contributed by atoms with Gasteiger partial charge in [0.05, 0.1) is 5.69 Å². The van der Waals surface area contributed by atoms with Crippen LogP contribution < -0.4 is 15.5 Å². The number of guanidine groups is 1. The lowest BCUT2D eigenvalue weighted by molar-refractivity contribution is 0.707. The Labute approximate surface area is 190 Å². The fraction of sp³-hybridized carbons (Fsp3) is 0.364. The number of para-hydroxylation sites is 1. The van der Waals surface area contributed by atoms with Crippen molar-refractivity contribution in [3.63, 3.8) is 0 Å². The van der Waals surface area contributed by atoms with Gasteiger partial charge in [-0.25, -0.2) is 4.98 Å². The summed E-state index contributed by atoms with van der Waals surface area (Å²) in [7, 11) is 1.81. The second kappa shape index (κ2) is 12.3. The van der Waals surface area contributed by atoms with Crippen molar-refractivity contribution in [3.05, 3.63) is 66.6 Å². The molecule has 0 atom stereocenters. The molecule has 0 saturated heterocycles. The van der Waals surface area contributed by atoms with Crippen molar-refractivity contribution < 1.29 is 0 Å². The van der Waals surface area contributed by atoms with Crippen molar-refractivity contribution in [1.29, 1.82) is 0 Å². The third-order valence-corrected chi connectivity index (χ3v) is 4.71. The van der Waals surface area contributed by atoms with Crippen molar-refractivity contribution in [2.45, 2.75) is 19.8 Å². The minimum atomic E-state index is 0. The molecule has 0 fully saturated rings. The zero-order chi connectivity index (χ0) is 19.6. The van der Waals surface area contributed by atoms with Crippen LogP contribution in [0.25, 0.3) is 5.65 Å². The van der Waals surface area contributed by atoms with Gasteiger partial charge in [-0.2, -0.15) is 0 Å². The van der Waals surface area contributed by atoms with E-state index >= 15 is 0 Å². The number of hydrogen-bond acceptors (Lipinski definition) is 3. The third-order valence-electron chi connectivity index (χ3n) is 4.71. The van der Waals surface area contributed by atoms with Crippen LogP contribution in [0.3, 0.4) is 0 Å². The molecule has 0 unspecified atom stereocenters. The smallest absolute Gasteiger partial charge is 0.190 e. The molecule has 29 heavy (non-hydrogen) atoms. The molecule has 0 bridgehead atoms. The highest BCUT2D eigenvalue weighted by Crippen LogP contribution is 2.12. The van der Waals surface area contributed by atoms with Gasteiger partial charge in [0, 0.05) is 57.7 Å². The van der Waals surface area contributed by atoms with E-state index in [1.807, 2.05) is 31.4 Å². The third kappa shape index (κ3) is 6.92. The van der Waals surface area contributed by atoms with Gasteiger partial charge in [-0.05, 0) is 37.6 Å². The number of anilines is 1. The fourth-order valence-corrected chi connectivity index (χ4v) is 3.22. The monoisotopic (exact) mass is 506 g/mol. The highest BCUT2D eigenvalue weighted by atomic mass is 127. The van der Waals surface area contributed by atoms with E-state index in [1.165, 1.54) is 5.69 Å². The van der Waals surface area contributed by atoms with Gasteiger partial charge < -0.3 is 19.9 Å². The first-order valence-electron chi connectivity index (χ1n) is 9.97. The van der Waals surface area contributed by atoms with Gasteiger partial charge in [0.2, 0.25) is 0 Å². The van der Waals surface area contributed by atoms with Crippen LogP contribution in [0.5, 0.6) is 0 Å². The zero-order valence-electron chi connectivity index (χ0n) is 17.2. The van der Waals surface area contributed by atoms with Gasteiger partial charge in [-0.1, -0.05) is 24.3 Å². The van der Waals surface area contributed by atoms with Crippen molar-refractivity contribution in [2.75, 3.05) is 38.1 Å². The Bertz CT molecular complexity index is 844. The Morgan fingerprint density at radius 2 is 1.83 bits per heavy atom. The summed E-state index contributed by atoms with van der Waals surface area (Å²) >= 11 is 0. The molecular weight excluding hydrogens is 475 g/mol. The average Bonchev–Trinajstić information content (AvgIpc) is 3.16. The summed E-state index contributed by atoms with van der Waals surface area (Å²) in [5.41, 5.74) is 3.34. The normalized spacial score (nSPS) is 11.2. The number of halogens is 1. The van der Waals surface area contributed by atoms with Crippen molar-refractivity contribution in [1.82, 2.24) is 20.0 Å². The Kier molecular flexibility index (Phi) is 9.76. The molecule has 1 aromatic carbocycles. The molecule has 3 rings (SSSR count). The van der Waals surface area contributed by atoms with Crippen LogP contribution in [0.4, 0.5) is 5.69 Å². The first-order chi connectivity index (χ1) is 13.8. The molecule has 0 aliphatic rings. The van der Waals surface area contributed by atoms with E-state index in [1.54, 1.807) is 0 Å². The minimum absolute atomic E-state index is 0. The highest BCUT2D eigenvalue weighted by Gasteiger charge is 2.04. The fourth-order valence-electron chi connectivity index (χ4n) is 3.22. The van der Waals surface area contributed by atoms with E-state index in [9.17, 15) is 0 Å². The van der Waals surface area contributed by atoms with E-state index in [2.05, 4.69) is 73.4 Å². The summed E-state index contributed by atoms with van der Waals surface area (Å²) in [4.78, 5) is 11.3. The number of imidazole rings is 1. The maximum absolute atomic E-state index is 4.63. The van der Waals surface area contributed by atoms with Gasteiger partial charge in [0.1, 0.15) is 5.65 Å². The number of fused-ring (bicyclic) bond motifs is 1. The number of nitrogens with zero attached hydrogens (tertiary/aromatic N) is 4. The number of aromatic nitrogens is 2. The summed E-state index contributed by atoms with van der Waals surface area (Å²) in [5.74, 6) is 0.839. The van der Waals surface area contributed by atoms with Crippen LogP contribution in [0.2, 0.25) is 0 Å². The van der Waals surface area contributed by atoms with E-state index < -0.39 is 0 Å². The summed E-state index contributed by atoms with van der Waals surface area (Å²) in [6.07, 6.45) is 6.01. The Balaban J connectivity index is 0.00000300. The first kappa shape index (κ1) is 23.0. The Morgan fingerprint density at radius 1 is 1.07 bits per heavy atom.